The minimum Gasteiger partial charge on any atom is -0.493 e. The number of cyclic esters (lactones) is 1. The van der Waals surface area contributed by atoms with Gasteiger partial charge < -0.3 is 28.4 Å². The monoisotopic (exact) mass is 489 g/mol. The van der Waals surface area contributed by atoms with Gasteiger partial charge in [0.05, 0.1) is 34.0 Å². The van der Waals surface area contributed by atoms with E-state index < -0.39 is 11.9 Å². The van der Waals surface area contributed by atoms with Gasteiger partial charge >= 0.3 is 11.9 Å². The molecule has 184 valence electrons. The molecule has 0 saturated heterocycles. The molecule has 0 bridgehead atoms. The van der Waals surface area contributed by atoms with E-state index in [2.05, 4.69) is 4.99 Å². The summed E-state index contributed by atoms with van der Waals surface area (Å²) in [6.45, 7) is 0. The summed E-state index contributed by atoms with van der Waals surface area (Å²) >= 11 is 0. The number of ether oxygens (including phenoxy) is 6. The number of carbonyl (C=O) groups is 2. The van der Waals surface area contributed by atoms with Crippen LogP contribution in [0.3, 0.4) is 0 Å². The number of hydrogen-bond donors (Lipinski definition) is 0. The molecule has 0 radical (unpaired) electrons. The van der Waals surface area contributed by atoms with E-state index in [4.69, 9.17) is 28.4 Å². The van der Waals surface area contributed by atoms with Crippen LogP contribution in [0.25, 0.3) is 6.08 Å². The van der Waals surface area contributed by atoms with Gasteiger partial charge in [0.25, 0.3) is 0 Å². The third-order valence-corrected chi connectivity index (χ3v) is 5.24. The fraction of sp³-hybridized carbons (Fsp3) is 0.148. The zero-order chi connectivity index (χ0) is 25.7. The van der Waals surface area contributed by atoms with Crippen LogP contribution in [-0.2, 0) is 9.53 Å². The number of methoxy groups -OCH3 is 4. The molecule has 9 nitrogen and oxygen atoms in total. The first kappa shape index (κ1) is 24.3. The largest absolute Gasteiger partial charge is 0.493 e. The lowest BCUT2D eigenvalue weighted by atomic mass is 10.1. The highest BCUT2D eigenvalue weighted by molar-refractivity contribution is 6.13. The summed E-state index contributed by atoms with van der Waals surface area (Å²) in [5, 5.41) is 0. The van der Waals surface area contributed by atoms with E-state index in [1.165, 1.54) is 28.4 Å². The second-order valence-electron chi connectivity index (χ2n) is 7.42. The van der Waals surface area contributed by atoms with Crippen LogP contribution in [0.5, 0.6) is 28.7 Å². The highest BCUT2D eigenvalue weighted by Crippen LogP contribution is 2.39. The van der Waals surface area contributed by atoms with E-state index in [9.17, 15) is 9.59 Å². The Hall–Kier alpha value is -4.79. The summed E-state index contributed by atoms with van der Waals surface area (Å²) in [7, 11) is 5.93. The van der Waals surface area contributed by atoms with E-state index >= 15 is 0 Å². The zero-order valence-corrected chi connectivity index (χ0v) is 20.1. The van der Waals surface area contributed by atoms with Crippen molar-refractivity contribution in [2.45, 2.75) is 0 Å². The lowest BCUT2D eigenvalue weighted by Crippen LogP contribution is -2.09. The summed E-state index contributed by atoms with van der Waals surface area (Å²) in [6.07, 6.45) is 1.54. The van der Waals surface area contributed by atoms with Crippen LogP contribution >= 0.6 is 0 Å². The normalized spacial score (nSPS) is 13.6. The standard InChI is InChI=1S/C27H23NO8/c1-31-21-13-16(10-11-20(21)35-26(29)17-8-6-5-7-9-17)12-19-27(30)36-25(28-19)18-14-22(32-2)24(34-4)23(15-18)33-3/h5-15H,1-4H3/b19-12-. The molecule has 0 saturated carbocycles. The summed E-state index contributed by atoms with van der Waals surface area (Å²) in [5.74, 6) is 0.700. The molecular weight excluding hydrogens is 466 g/mol. The van der Waals surface area contributed by atoms with Gasteiger partial charge in [-0.3, -0.25) is 0 Å². The van der Waals surface area contributed by atoms with Gasteiger partial charge in [-0.2, -0.15) is 0 Å². The maximum Gasteiger partial charge on any atom is 0.363 e. The molecule has 36 heavy (non-hydrogen) atoms. The molecular formula is C27H23NO8. The number of hydrogen-bond acceptors (Lipinski definition) is 9. The van der Waals surface area contributed by atoms with Gasteiger partial charge in [0.2, 0.25) is 11.6 Å². The first-order valence-electron chi connectivity index (χ1n) is 10.8. The highest BCUT2D eigenvalue weighted by Gasteiger charge is 2.26. The Labute approximate surface area is 207 Å². The van der Waals surface area contributed by atoms with Crippen molar-refractivity contribution in [3.63, 3.8) is 0 Å². The van der Waals surface area contributed by atoms with Gasteiger partial charge in [0, 0.05) is 5.56 Å². The molecule has 0 aromatic heterocycles. The van der Waals surface area contributed by atoms with Gasteiger partial charge in [-0.25, -0.2) is 14.6 Å². The van der Waals surface area contributed by atoms with E-state index in [0.717, 1.165) is 0 Å². The van der Waals surface area contributed by atoms with Crippen LogP contribution in [-0.4, -0.2) is 46.3 Å². The Bertz CT molecular complexity index is 1340. The van der Waals surface area contributed by atoms with Crippen LogP contribution in [0.4, 0.5) is 0 Å². The molecule has 3 aromatic rings. The van der Waals surface area contributed by atoms with E-state index in [-0.39, 0.29) is 17.3 Å². The summed E-state index contributed by atoms with van der Waals surface area (Å²) in [6, 6.07) is 16.8. The molecule has 0 spiro atoms. The van der Waals surface area contributed by atoms with Crippen molar-refractivity contribution in [1.82, 2.24) is 0 Å². The summed E-state index contributed by atoms with van der Waals surface area (Å²) in [4.78, 5) is 29.3. The van der Waals surface area contributed by atoms with Gasteiger partial charge in [0.1, 0.15) is 0 Å². The van der Waals surface area contributed by atoms with Crippen molar-refractivity contribution in [2.75, 3.05) is 28.4 Å². The molecule has 0 N–H and O–H groups in total. The predicted octanol–water partition coefficient (Wildman–Crippen LogP) is 4.28. The van der Waals surface area contributed by atoms with Gasteiger partial charge in [-0.1, -0.05) is 24.3 Å². The lowest BCUT2D eigenvalue weighted by Gasteiger charge is -2.13. The van der Waals surface area contributed by atoms with Gasteiger partial charge in [0.15, 0.2) is 28.7 Å². The number of rotatable bonds is 8. The van der Waals surface area contributed by atoms with Crippen LogP contribution in [0, 0.1) is 0 Å². The molecule has 9 heteroatoms. The third-order valence-electron chi connectivity index (χ3n) is 5.24. The van der Waals surface area contributed by atoms with Crippen molar-refractivity contribution < 1.29 is 38.0 Å². The van der Waals surface area contributed by atoms with Crippen LogP contribution in [0.1, 0.15) is 21.5 Å². The highest BCUT2D eigenvalue weighted by atomic mass is 16.6. The smallest absolute Gasteiger partial charge is 0.363 e. The Morgan fingerprint density at radius 2 is 1.47 bits per heavy atom. The molecule has 1 aliphatic heterocycles. The molecule has 1 aliphatic rings. The number of aliphatic imine (C=N–C) groups is 1. The Balaban J connectivity index is 1.61. The van der Waals surface area contributed by atoms with Crippen LogP contribution in [0.15, 0.2) is 71.4 Å². The first-order valence-corrected chi connectivity index (χ1v) is 10.8. The van der Waals surface area contributed by atoms with E-state index in [1.807, 2.05) is 6.07 Å². The molecule has 0 atom stereocenters. The van der Waals surface area contributed by atoms with Crippen LogP contribution in [0.2, 0.25) is 0 Å². The maximum atomic E-state index is 12.5. The Kier molecular flexibility index (Phi) is 7.20. The quantitative estimate of drug-likeness (QED) is 0.262. The Morgan fingerprint density at radius 1 is 0.806 bits per heavy atom. The van der Waals surface area contributed by atoms with Crippen molar-refractivity contribution in [3.8, 4) is 28.7 Å². The van der Waals surface area contributed by atoms with Crippen molar-refractivity contribution in [1.29, 1.82) is 0 Å². The van der Waals surface area contributed by atoms with Crippen molar-refractivity contribution in [2.24, 2.45) is 4.99 Å². The van der Waals surface area contributed by atoms with E-state index in [1.54, 1.807) is 60.7 Å². The maximum absolute atomic E-state index is 12.5. The molecule has 0 fully saturated rings. The predicted molar refractivity (Wildman–Crippen MR) is 131 cm³/mol. The van der Waals surface area contributed by atoms with Gasteiger partial charge in [-0.05, 0) is 48.0 Å². The van der Waals surface area contributed by atoms with E-state index in [0.29, 0.717) is 39.7 Å². The number of benzene rings is 3. The third kappa shape index (κ3) is 5.00. The summed E-state index contributed by atoms with van der Waals surface area (Å²) < 4.78 is 32.3. The summed E-state index contributed by atoms with van der Waals surface area (Å²) in [5.41, 5.74) is 1.55. The topological polar surface area (TPSA) is 102 Å². The number of esters is 2. The number of carbonyl (C=O) groups excluding carboxylic acids is 2. The SMILES string of the molecule is COc1cc(/C=C2\N=C(c3cc(OC)c(OC)c(OC)c3)OC2=O)ccc1OC(=O)c1ccccc1. The molecule has 0 amide bonds. The molecule has 0 aliphatic carbocycles. The minimum atomic E-state index is -0.627. The molecule has 3 aromatic carbocycles. The zero-order valence-electron chi connectivity index (χ0n) is 20.1. The fourth-order valence-electron chi connectivity index (χ4n) is 3.49. The Morgan fingerprint density at radius 3 is 2.08 bits per heavy atom. The molecule has 1 heterocycles. The second kappa shape index (κ2) is 10.6. The first-order chi connectivity index (χ1) is 17.5. The lowest BCUT2D eigenvalue weighted by molar-refractivity contribution is -0.129. The average Bonchev–Trinajstić information content (AvgIpc) is 3.28. The average molecular weight is 489 g/mol. The number of nitrogens with zero attached hydrogens (tertiary/aromatic N) is 1. The van der Waals surface area contributed by atoms with Crippen molar-refractivity contribution in [3.05, 3.63) is 83.1 Å². The molecule has 0 unspecified atom stereocenters. The second-order valence-corrected chi connectivity index (χ2v) is 7.42. The van der Waals surface area contributed by atoms with Crippen molar-refractivity contribution >= 4 is 23.9 Å². The fourth-order valence-corrected chi connectivity index (χ4v) is 3.49. The van der Waals surface area contributed by atoms with Gasteiger partial charge in [-0.15, -0.1) is 0 Å². The minimum absolute atomic E-state index is 0.0786. The van der Waals surface area contributed by atoms with Crippen LogP contribution < -0.4 is 23.7 Å². The molecule has 4 rings (SSSR count).